The van der Waals surface area contributed by atoms with Crippen LogP contribution < -0.4 is 10.6 Å². The van der Waals surface area contributed by atoms with Gasteiger partial charge in [0.2, 0.25) is 11.8 Å². The lowest BCUT2D eigenvalue weighted by Gasteiger charge is -2.10. The second kappa shape index (κ2) is 5.58. The summed E-state index contributed by atoms with van der Waals surface area (Å²) in [5.41, 5.74) is 0.634. The molecule has 1 heterocycles. The Morgan fingerprint density at radius 2 is 2.00 bits per heavy atom. The Morgan fingerprint density at radius 3 is 2.50 bits per heavy atom. The first kappa shape index (κ1) is 14.4. The number of amides is 2. The Kier molecular flexibility index (Phi) is 4.03. The lowest BCUT2D eigenvalue weighted by atomic mass is 10.2. The maximum Gasteiger partial charge on any atom is 0.332 e. The highest BCUT2D eigenvalue weighted by atomic mass is 32.3. The van der Waals surface area contributed by atoms with Gasteiger partial charge in [-0.3, -0.25) is 9.59 Å². The van der Waals surface area contributed by atoms with Gasteiger partial charge in [0.05, 0.1) is 4.90 Å². The van der Waals surface area contributed by atoms with E-state index in [9.17, 15) is 21.9 Å². The molecule has 20 heavy (non-hydrogen) atoms. The SMILES string of the molecule is O=C1CC[C@H](C(=O)NCc2ccc(S(=O)(=O)F)cc2)N1. The van der Waals surface area contributed by atoms with Gasteiger partial charge in [-0.2, -0.15) is 8.42 Å². The highest BCUT2D eigenvalue weighted by molar-refractivity contribution is 7.86. The first-order chi connectivity index (χ1) is 9.36. The van der Waals surface area contributed by atoms with Crippen LogP contribution in [0.15, 0.2) is 29.2 Å². The number of halogens is 1. The van der Waals surface area contributed by atoms with Crippen LogP contribution in [0, 0.1) is 0 Å². The fourth-order valence-electron chi connectivity index (χ4n) is 1.89. The number of hydrogen-bond donors (Lipinski definition) is 2. The van der Waals surface area contributed by atoms with E-state index >= 15 is 0 Å². The van der Waals surface area contributed by atoms with Gasteiger partial charge in [-0.05, 0) is 24.1 Å². The molecule has 2 rings (SSSR count). The Morgan fingerprint density at radius 1 is 1.35 bits per heavy atom. The van der Waals surface area contributed by atoms with Gasteiger partial charge < -0.3 is 10.6 Å². The van der Waals surface area contributed by atoms with Crippen LogP contribution in [0.25, 0.3) is 0 Å². The molecule has 1 fully saturated rings. The first-order valence-corrected chi connectivity index (χ1v) is 7.35. The largest absolute Gasteiger partial charge is 0.350 e. The van der Waals surface area contributed by atoms with E-state index in [1.165, 1.54) is 12.1 Å². The molecular formula is C12H13FN2O4S. The van der Waals surface area contributed by atoms with Gasteiger partial charge >= 0.3 is 10.2 Å². The summed E-state index contributed by atoms with van der Waals surface area (Å²) >= 11 is 0. The van der Waals surface area contributed by atoms with E-state index in [1.807, 2.05) is 0 Å². The predicted molar refractivity (Wildman–Crippen MR) is 67.7 cm³/mol. The van der Waals surface area contributed by atoms with Crippen LogP contribution in [-0.2, 0) is 26.4 Å². The second-order valence-corrected chi connectivity index (χ2v) is 5.81. The molecule has 0 bridgehead atoms. The van der Waals surface area contributed by atoms with E-state index in [-0.39, 0.29) is 18.4 Å². The maximum absolute atomic E-state index is 12.7. The summed E-state index contributed by atoms with van der Waals surface area (Å²) in [4.78, 5) is 22.3. The Hall–Kier alpha value is -1.96. The smallest absolute Gasteiger partial charge is 0.332 e. The minimum Gasteiger partial charge on any atom is -0.350 e. The normalized spacial score (nSPS) is 18.6. The van der Waals surface area contributed by atoms with Gasteiger partial charge in [-0.25, -0.2) is 0 Å². The van der Waals surface area contributed by atoms with Crippen molar-refractivity contribution in [2.45, 2.75) is 30.3 Å². The van der Waals surface area contributed by atoms with Crippen molar-refractivity contribution in [2.24, 2.45) is 0 Å². The molecule has 0 saturated carbocycles. The van der Waals surface area contributed by atoms with Gasteiger partial charge in [-0.1, -0.05) is 12.1 Å². The number of carbonyl (C=O) groups excluding carboxylic acids is 2. The van der Waals surface area contributed by atoms with Gasteiger partial charge in [0.25, 0.3) is 0 Å². The van der Waals surface area contributed by atoms with Crippen LogP contribution >= 0.6 is 0 Å². The monoisotopic (exact) mass is 300 g/mol. The lowest BCUT2D eigenvalue weighted by molar-refractivity contribution is -0.125. The van der Waals surface area contributed by atoms with E-state index in [2.05, 4.69) is 10.6 Å². The summed E-state index contributed by atoms with van der Waals surface area (Å²) in [5, 5.41) is 5.16. The zero-order valence-corrected chi connectivity index (χ0v) is 11.2. The molecular weight excluding hydrogens is 287 g/mol. The standard InChI is InChI=1S/C12H13FN2O4S/c13-20(18,19)9-3-1-8(2-4-9)7-14-12(17)10-5-6-11(16)15-10/h1-4,10H,5-7H2,(H,14,17)(H,15,16)/t10-/m1/s1. The van der Waals surface area contributed by atoms with Gasteiger partial charge in [0.15, 0.2) is 0 Å². The molecule has 0 radical (unpaired) electrons. The van der Waals surface area contributed by atoms with Crippen molar-refractivity contribution in [3.8, 4) is 0 Å². The minimum absolute atomic E-state index is 0.150. The fraction of sp³-hybridized carbons (Fsp3) is 0.333. The summed E-state index contributed by atoms with van der Waals surface area (Å²) in [6, 6.07) is 4.58. The van der Waals surface area contributed by atoms with Crippen molar-refractivity contribution in [3.63, 3.8) is 0 Å². The van der Waals surface area contributed by atoms with Gasteiger partial charge in [0.1, 0.15) is 6.04 Å². The molecule has 0 aliphatic carbocycles. The number of benzene rings is 1. The molecule has 1 saturated heterocycles. The van der Waals surface area contributed by atoms with Crippen LogP contribution in [-0.4, -0.2) is 26.3 Å². The molecule has 1 atom stereocenters. The summed E-state index contributed by atoms with van der Waals surface area (Å²) < 4.78 is 33.9. The molecule has 108 valence electrons. The summed E-state index contributed by atoms with van der Waals surface area (Å²) in [5.74, 6) is -0.444. The zero-order valence-electron chi connectivity index (χ0n) is 10.4. The van der Waals surface area contributed by atoms with Crippen LogP contribution in [0.5, 0.6) is 0 Å². The average molecular weight is 300 g/mol. The second-order valence-electron chi connectivity index (χ2n) is 4.46. The van der Waals surface area contributed by atoms with Crippen LogP contribution in [0.4, 0.5) is 3.89 Å². The number of rotatable bonds is 4. The molecule has 8 heteroatoms. The van der Waals surface area contributed by atoms with Crippen molar-refractivity contribution in [1.82, 2.24) is 10.6 Å². The van der Waals surface area contributed by atoms with Crippen LogP contribution in [0.2, 0.25) is 0 Å². The van der Waals surface area contributed by atoms with E-state index in [0.717, 1.165) is 12.1 Å². The molecule has 0 unspecified atom stereocenters. The number of hydrogen-bond acceptors (Lipinski definition) is 4. The van der Waals surface area contributed by atoms with Crippen molar-refractivity contribution in [1.29, 1.82) is 0 Å². The molecule has 2 N–H and O–H groups in total. The highest BCUT2D eigenvalue weighted by Gasteiger charge is 2.26. The molecule has 6 nitrogen and oxygen atoms in total. The number of carbonyl (C=O) groups is 2. The Labute approximate surface area is 115 Å². The van der Waals surface area contributed by atoms with E-state index < -0.39 is 21.2 Å². The quantitative estimate of drug-likeness (QED) is 0.779. The van der Waals surface area contributed by atoms with Crippen molar-refractivity contribution >= 4 is 22.0 Å². The Bertz CT molecular complexity index is 627. The third-order valence-corrected chi connectivity index (χ3v) is 3.82. The maximum atomic E-state index is 12.7. The van der Waals surface area contributed by atoms with Crippen LogP contribution in [0.1, 0.15) is 18.4 Å². The first-order valence-electron chi connectivity index (χ1n) is 5.97. The minimum atomic E-state index is -4.70. The summed E-state index contributed by atoms with van der Waals surface area (Å²) in [6.07, 6.45) is 0.796. The fourth-order valence-corrected chi connectivity index (χ4v) is 2.35. The van der Waals surface area contributed by atoms with Crippen molar-refractivity contribution in [3.05, 3.63) is 29.8 Å². The highest BCUT2D eigenvalue weighted by Crippen LogP contribution is 2.13. The number of nitrogens with one attached hydrogen (secondary N) is 2. The Balaban J connectivity index is 1.91. The van der Waals surface area contributed by atoms with Crippen molar-refractivity contribution in [2.75, 3.05) is 0 Å². The van der Waals surface area contributed by atoms with Crippen molar-refractivity contribution < 1.29 is 21.9 Å². The lowest BCUT2D eigenvalue weighted by Crippen LogP contribution is -2.41. The predicted octanol–water partition coefficient (Wildman–Crippen LogP) is 0.240. The molecule has 1 aromatic rings. The van der Waals surface area contributed by atoms with E-state index in [0.29, 0.717) is 18.4 Å². The van der Waals surface area contributed by atoms with E-state index in [4.69, 9.17) is 0 Å². The summed E-state index contributed by atoms with van der Waals surface area (Å²) in [6.45, 7) is 0.178. The summed E-state index contributed by atoms with van der Waals surface area (Å²) in [7, 11) is -4.70. The zero-order chi connectivity index (χ0) is 14.8. The van der Waals surface area contributed by atoms with Crippen LogP contribution in [0.3, 0.4) is 0 Å². The molecule has 0 spiro atoms. The van der Waals surface area contributed by atoms with E-state index in [1.54, 1.807) is 0 Å². The topological polar surface area (TPSA) is 92.3 Å². The third-order valence-electron chi connectivity index (χ3n) is 2.98. The molecule has 1 aliphatic rings. The molecule has 1 aliphatic heterocycles. The third kappa shape index (κ3) is 3.53. The average Bonchev–Trinajstić information content (AvgIpc) is 2.82. The molecule has 1 aromatic carbocycles. The van der Waals surface area contributed by atoms with Gasteiger partial charge in [-0.15, -0.1) is 3.89 Å². The molecule has 0 aromatic heterocycles. The van der Waals surface area contributed by atoms with Gasteiger partial charge in [0, 0.05) is 13.0 Å². The molecule has 2 amide bonds.